The molecule has 0 aromatic heterocycles. The van der Waals surface area contributed by atoms with Crippen LogP contribution in [0.25, 0.3) is 0 Å². The zero-order chi connectivity index (χ0) is 13.8. The molecule has 0 saturated carbocycles. The van der Waals surface area contributed by atoms with Gasteiger partial charge >= 0.3 is 0 Å². The lowest BCUT2D eigenvalue weighted by molar-refractivity contribution is 0.127. The van der Waals surface area contributed by atoms with Crippen molar-refractivity contribution in [1.82, 2.24) is 4.72 Å². The molecule has 0 aromatic rings. The number of ether oxygens (including phenoxy) is 1. The van der Waals surface area contributed by atoms with Gasteiger partial charge in [0.2, 0.25) is 10.0 Å². The molecule has 0 spiro atoms. The van der Waals surface area contributed by atoms with Crippen LogP contribution in [0.3, 0.4) is 0 Å². The zero-order valence-electron chi connectivity index (χ0n) is 11.0. The van der Waals surface area contributed by atoms with Gasteiger partial charge in [-0.3, -0.25) is 5.41 Å². The monoisotopic (exact) mass is 277 g/mol. The molecule has 0 amide bonds. The topological polar surface area (TPSA) is 105 Å². The van der Waals surface area contributed by atoms with Gasteiger partial charge in [-0.15, -0.1) is 0 Å². The first-order valence-corrected chi connectivity index (χ1v) is 7.98. The van der Waals surface area contributed by atoms with Crippen LogP contribution in [0.4, 0.5) is 0 Å². The van der Waals surface area contributed by atoms with Crippen LogP contribution >= 0.6 is 0 Å². The molecule has 1 heterocycles. The Balaban J connectivity index is 2.75. The van der Waals surface area contributed by atoms with Gasteiger partial charge in [0.05, 0.1) is 17.4 Å². The molecule has 1 rings (SSSR count). The summed E-state index contributed by atoms with van der Waals surface area (Å²) in [5.74, 6) is -0.189. The van der Waals surface area contributed by atoms with E-state index in [0.717, 1.165) is 12.8 Å². The Labute approximate surface area is 109 Å². The van der Waals surface area contributed by atoms with Crippen LogP contribution in [0, 0.1) is 5.41 Å². The van der Waals surface area contributed by atoms with Crippen LogP contribution in [0.2, 0.25) is 0 Å². The van der Waals surface area contributed by atoms with E-state index in [1.54, 1.807) is 0 Å². The fourth-order valence-corrected chi connectivity index (χ4v) is 4.02. The van der Waals surface area contributed by atoms with Crippen LogP contribution in [0.1, 0.15) is 39.5 Å². The number of nitrogens with two attached hydrogens (primary N) is 1. The second kappa shape index (κ2) is 5.99. The van der Waals surface area contributed by atoms with Gasteiger partial charge in [-0.1, -0.05) is 13.8 Å². The molecule has 0 aromatic carbocycles. The second-order valence-electron chi connectivity index (χ2n) is 4.72. The van der Waals surface area contributed by atoms with E-state index in [9.17, 15) is 8.42 Å². The van der Waals surface area contributed by atoms with Crippen molar-refractivity contribution >= 4 is 15.9 Å². The normalized spacial score (nSPS) is 21.1. The van der Waals surface area contributed by atoms with E-state index in [-0.39, 0.29) is 17.7 Å². The maximum Gasteiger partial charge on any atom is 0.215 e. The molecule has 1 atom stereocenters. The van der Waals surface area contributed by atoms with Crippen LogP contribution in [0.5, 0.6) is 0 Å². The third-order valence-electron chi connectivity index (χ3n) is 3.50. The third-order valence-corrected chi connectivity index (χ3v) is 5.02. The first kappa shape index (κ1) is 15.4. The van der Waals surface area contributed by atoms with Gasteiger partial charge in [0.25, 0.3) is 0 Å². The Morgan fingerprint density at radius 3 is 2.50 bits per heavy atom. The van der Waals surface area contributed by atoms with Crippen molar-refractivity contribution in [2.45, 2.75) is 51.2 Å². The molecule has 1 saturated heterocycles. The molecule has 0 aliphatic carbocycles. The lowest BCUT2D eigenvalue weighted by Gasteiger charge is -2.31. The smallest absolute Gasteiger partial charge is 0.215 e. The predicted molar refractivity (Wildman–Crippen MR) is 71.1 cm³/mol. The molecule has 1 aliphatic heterocycles. The van der Waals surface area contributed by atoms with Gasteiger partial charge in [-0.2, -0.15) is 0 Å². The van der Waals surface area contributed by atoms with Crippen LogP contribution in [0.15, 0.2) is 0 Å². The standard InChI is InChI=1S/C11H23N3O3S/c1-3-11(4-2,10(12)13)14-18(15,16)8-9-6-5-7-17-9/h9,14H,3-8H2,1-2H3,(H3,12,13). The number of rotatable bonds is 7. The van der Waals surface area contributed by atoms with Crippen molar-refractivity contribution in [3.8, 4) is 0 Å². The Kier molecular flexibility index (Phi) is 5.12. The van der Waals surface area contributed by atoms with E-state index in [0.29, 0.717) is 19.4 Å². The third kappa shape index (κ3) is 3.66. The average Bonchev–Trinajstić information content (AvgIpc) is 2.77. The van der Waals surface area contributed by atoms with Crippen molar-refractivity contribution in [2.75, 3.05) is 12.4 Å². The second-order valence-corrected chi connectivity index (χ2v) is 6.49. The predicted octanol–water partition coefficient (Wildman–Crippen LogP) is 0.580. The van der Waals surface area contributed by atoms with E-state index in [1.807, 2.05) is 13.8 Å². The van der Waals surface area contributed by atoms with Gasteiger partial charge in [0.1, 0.15) is 5.84 Å². The van der Waals surface area contributed by atoms with Gasteiger partial charge in [0, 0.05) is 6.61 Å². The van der Waals surface area contributed by atoms with Crippen LogP contribution < -0.4 is 10.5 Å². The van der Waals surface area contributed by atoms with Crippen molar-refractivity contribution in [3.05, 3.63) is 0 Å². The Bertz CT molecular complexity index is 384. The van der Waals surface area contributed by atoms with E-state index in [4.69, 9.17) is 15.9 Å². The van der Waals surface area contributed by atoms with E-state index < -0.39 is 15.6 Å². The summed E-state index contributed by atoms with van der Waals surface area (Å²) in [6, 6.07) is 0. The maximum atomic E-state index is 12.1. The first-order valence-electron chi connectivity index (χ1n) is 6.33. The average molecular weight is 277 g/mol. The highest BCUT2D eigenvalue weighted by atomic mass is 32.2. The lowest BCUT2D eigenvalue weighted by atomic mass is 9.93. The minimum atomic E-state index is -3.49. The molecule has 7 heteroatoms. The molecular weight excluding hydrogens is 254 g/mol. The Morgan fingerprint density at radius 1 is 1.50 bits per heavy atom. The van der Waals surface area contributed by atoms with Crippen molar-refractivity contribution in [2.24, 2.45) is 5.73 Å². The van der Waals surface area contributed by atoms with Gasteiger partial charge in [-0.05, 0) is 25.7 Å². The van der Waals surface area contributed by atoms with E-state index in [1.165, 1.54) is 0 Å². The maximum absolute atomic E-state index is 12.1. The summed E-state index contributed by atoms with van der Waals surface area (Å²) in [6.07, 6.45) is 2.36. The molecule has 1 unspecified atom stereocenters. The minimum Gasteiger partial charge on any atom is -0.386 e. The fourth-order valence-electron chi connectivity index (χ4n) is 2.19. The molecule has 1 fully saturated rings. The summed E-state index contributed by atoms with van der Waals surface area (Å²) in [5.41, 5.74) is 4.57. The van der Waals surface area contributed by atoms with Crippen LogP contribution in [-0.4, -0.2) is 38.3 Å². The van der Waals surface area contributed by atoms with Crippen molar-refractivity contribution in [3.63, 3.8) is 0 Å². The molecule has 1 aliphatic rings. The highest BCUT2D eigenvalue weighted by Crippen LogP contribution is 2.19. The molecule has 106 valence electrons. The Morgan fingerprint density at radius 2 is 2.11 bits per heavy atom. The molecule has 18 heavy (non-hydrogen) atoms. The fraction of sp³-hybridized carbons (Fsp3) is 0.909. The molecule has 4 N–H and O–H groups in total. The molecule has 0 radical (unpaired) electrons. The molecular formula is C11H23N3O3S. The molecule has 0 bridgehead atoms. The van der Waals surface area contributed by atoms with E-state index >= 15 is 0 Å². The molecule has 6 nitrogen and oxygen atoms in total. The highest BCUT2D eigenvalue weighted by molar-refractivity contribution is 7.89. The van der Waals surface area contributed by atoms with Crippen LogP contribution in [-0.2, 0) is 14.8 Å². The number of hydrogen-bond donors (Lipinski definition) is 3. The number of amidine groups is 1. The van der Waals surface area contributed by atoms with Gasteiger partial charge < -0.3 is 10.5 Å². The SMILES string of the molecule is CCC(CC)(NS(=O)(=O)CC1CCCO1)C(=N)N. The summed E-state index contributed by atoms with van der Waals surface area (Å²) < 4.78 is 32.1. The quantitative estimate of drug-likeness (QED) is 0.467. The summed E-state index contributed by atoms with van der Waals surface area (Å²) >= 11 is 0. The van der Waals surface area contributed by atoms with Crippen molar-refractivity contribution < 1.29 is 13.2 Å². The van der Waals surface area contributed by atoms with E-state index in [2.05, 4.69) is 4.72 Å². The lowest BCUT2D eigenvalue weighted by Crippen LogP contribution is -2.57. The number of nitrogens with one attached hydrogen (secondary N) is 2. The highest BCUT2D eigenvalue weighted by Gasteiger charge is 2.35. The largest absolute Gasteiger partial charge is 0.386 e. The summed E-state index contributed by atoms with van der Waals surface area (Å²) in [4.78, 5) is 0. The summed E-state index contributed by atoms with van der Waals surface area (Å²) in [5, 5.41) is 7.58. The number of sulfonamides is 1. The van der Waals surface area contributed by atoms with Gasteiger partial charge in [-0.25, -0.2) is 13.1 Å². The first-order chi connectivity index (χ1) is 8.35. The minimum absolute atomic E-state index is 0.0535. The summed E-state index contributed by atoms with van der Waals surface area (Å²) in [6.45, 7) is 4.26. The van der Waals surface area contributed by atoms with Gasteiger partial charge in [0.15, 0.2) is 0 Å². The van der Waals surface area contributed by atoms with Crippen molar-refractivity contribution in [1.29, 1.82) is 5.41 Å². The summed E-state index contributed by atoms with van der Waals surface area (Å²) in [7, 11) is -3.49. The Hall–Kier alpha value is -0.660. The zero-order valence-corrected chi connectivity index (χ0v) is 11.8. The number of hydrogen-bond acceptors (Lipinski definition) is 4.